The first-order valence-electron chi connectivity index (χ1n) is 8.91. The molecule has 0 spiro atoms. The van der Waals surface area contributed by atoms with Gasteiger partial charge in [-0.15, -0.1) is 0 Å². The normalized spacial score (nSPS) is 18.3. The molecule has 1 heterocycles. The Bertz CT molecular complexity index is 1130. The van der Waals surface area contributed by atoms with Crippen LogP contribution in [0.25, 0.3) is 5.70 Å². The summed E-state index contributed by atoms with van der Waals surface area (Å²) in [6.45, 7) is 3.31. The Hall–Kier alpha value is -3.54. The van der Waals surface area contributed by atoms with E-state index in [1.165, 1.54) is 19.1 Å². The van der Waals surface area contributed by atoms with Crippen molar-refractivity contribution in [3.63, 3.8) is 0 Å². The first-order chi connectivity index (χ1) is 13.3. The zero-order chi connectivity index (χ0) is 20.2. The van der Waals surface area contributed by atoms with Crippen LogP contribution in [0.1, 0.15) is 41.3 Å². The molecule has 2 aliphatic rings. The number of allylic oxidation sites excluding steroid dienone is 3. The molecular weight excluding hydrogens is 356 g/mol. The lowest BCUT2D eigenvalue weighted by molar-refractivity contribution is -0.384. The minimum atomic E-state index is -0.636. The summed E-state index contributed by atoms with van der Waals surface area (Å²) < 4.78 is 0. The number of carbonyl (C=O) groups is 2. The van der Waals surface area contributed by atoms with Gasteiger partial charge in [0.05, 0.1) is 10.6 Å². The summed E-state index contributed by atoms with van der Waals surface area (Å²) in [5.74, 6) is -0.931. The number of nitro benzene ring substituents is 1. The molecule has 0 aromatic heterocycles. The maximum atomic E-state index is 13.3. The van der Waals surface area contributed by atoms with E-state index in [0.717, 1.165) is 17.0 Å². The Morgan fingerprint density at radius 1 is 1.11 bits per heavy atom. The van der Waals surface area contributed by atoms with Crippen molar-refractivity contribution in [2.45, 2.75) is 19.8 Å². The van der Waals surface area contributed by atoms with Gasteiger partial charge in [0.2, 0.25) is 0 Å². The van der Waals surface area contributed by atoms with Gasteiger partial charge in [-0.3, -0.25) is 19.7 Å². The highest BCUT2D eigenvalue weighted by Crippen LogP contribution is 2.50. The number of Topliss-reactive ketones (excluding diaryl/α,β-unsaturated/α-hetero) is 2. The molecule has 0 bridgehead atoms. The van der Waals surface area contributed by atoms with Crippen molar-refractivity contribution in [3.05, 3.63) is 92.2 Å². The molecule has 0 N–H and O–H groups in total. The Labute approximate surface area is 161 Å². The quantitative estimate of drug-likeness (QED) is 0.597. The van der Waals surface area contributed by atoms with Crippen LogP contribution in [-0.2, 0) is 4.79 Å². The van der Waals surface area contributed by atoms with Crippen LogP contribution in [0.3, 0.4) is 0 Å². The van der Waals surface area contributed by atoms with E-state index < -0.39 is 10.8 Å². The number of ketones is 2. The van der Waals surface area contributed by atoms with Crippen molar-refractivity contribution < 1.29 is 14.5 Å². The minimum Gasteiger partial charge on any atom is -0.347 e. The van der Waals surface area contributed by atoms with Gasteiger partial charge < -0.3 is 4.90 Å². The fourth-order valence-electron chi connectivity index (χ4n) is 4.23. The van der Waals surface area contributed by atoms with Crippen molar-refractivity contribution in [1.29, 1.82) is 0 Å². The van der Waals surface area contributed by atoms with Crippen LogP contribution < -0.4 is 0 Å². The fraction of sp³-hybridized carbons (Fsp3) is 0.182. The molecule has 6 nitrogen and oxygen atoms in total. The van der Waals surface area contributed by atoms with E-state index in [1.54, 1.807) is 18.2 Å². The molecule has 4 rings (SSSR count). The predicted molar refractivity (Wildman–Crippen MR) is 105 cm³/mol. The van der Waals surface area contributed by atoms with Gasteiger partial charge in [0.1, 0.15) is 0 Å². The molecule has 2 aromatic carbocycles. The van der Waals surface area contributed by atoms with E-state index in [1.807, 2.05) is 37.1 Å². The number of hydrogen-bond donors (Lipinski definition) is 0. The highest BCUT2D eigenvalue weighted by atomic mass is 16.6. The van der Waals surface area contributed by atoms with E-state index in [-0.39, 0.29) is 17.3 Å². The van der Waals surface area contributed by atoms with Crippen molar-refractivity contribution >= 4 is 23.0 Å². The molecule has 1 aliphatic carbocycles. The van der Waals surface area contributed by atoms with Crippen molar-refractivity contribution in [2.24, 2.45) is 0 Å². The van der Waals surface area contributed by atoms with E-state index in [4.69, 9.17) is 0 Å². The van der Waals surface area contributed by atoms with Crippen LogP contribution in [0.5, 0.6) is 0 Å². The lowest BCUT2D eigenvalue weighted by Gasteiger charge is -2.35. The van der Waals surface area contributed by atoms with Crippen LogP contribution >= 0.6 is 0 Å². The van der Waals surface area contributed by atoms with Crippen molar-refractivity contribution in [1.82, 2.24) is 4.90 Å². The Morgan fingerprint density at radius 2 is 1.79 bits per heavy atom. The zero-order valence-corrected chi connectivity index (χ0v) is 15.7. The summed E-state index contributed by atoms with van der Waals surface area (Å²) in [5, 5.41) is 11.3. The van der Waals surface area contributed by atoms with Gasteiger partial charge in [-0.05, 0) is 19.4 Å². The second kappa shape index (κ2) is 6.27. The summed E-state index contributed by atoms with van der Waals surface area (Å²) >= 11 is 0. The summed E-state index contributed by atoms with van der Waals surface area (Å²) in [6, 6.07) is 13.5. The number of carbonyl (C=O) groups excluding carboxylic acids is 2. The molecule has 28 heavy (non-hydrogen) atoms. The number of rotatable bonds is 3. The predicted octanol–water partition coefficient (Wildman–Crippen LogP) is 4.09. The van der Waals surface area contributed by atoms with E-state index in [9.17, 15) is 19.7 Å². The van der Waals surface area contributed by atoms with Gasteiger partial charge in [-0.2, -0.15) is 0 Å². The second-order valence-corrected chi connectivity index (χ2v) is 7.04. The standard InChI is InChI=1S/C22H18N2O4/c1-12-18(13(2)25)19(14-7-6-8-15(11-14)24(27)28)20-21(23(12)3)16-9-4-5-10-17(16)22(20)26/h4-11,19H,1-3H3/t19-/m0/s1. The van der Waals surface area contributed by atoms with Gasteiger partial charge in [0.25, 0.3) is 5.69 Å². The Morgan fingerprint density at radius 3 is 2.43 bits per heavy atom. The average molecular weight is 374 g/mol. The zero-order valence-electron chi connectivity index (χ0n) is 15.7. The SMILES string of the molecule is CC(=O)C1=C(C)N(C)C2=C(C(=O)c3ccccc32)[C@H]1c1cccc([N+](=O)[O-])c1. The van der Waals surface area contributed by atoms with E-state index >= 15 is 0 Å². The Kier molecular flexibility index (Phi) is 4.00. The first kappa shape index (κ1) is 17.9. The van der Waals surface area contributed by atoms with Gasteiger partial charge in [0, 0.05) is 53.1 Å². The number of nitro groups is 1. The van der Waals surface area contributed by atoms with Gasteiger partial charge >= 0.3 is 0 Å². The number of non-ortho nitro benzene ring substituents is 1. The highest BCUT2D eigenvalue weighted by Gasteiger charge is 2.43. The fourth-order valence-corrected chi connectivity index (χ4v) is 4.23. The largest absolute Gasteiger partial charge is 0.347 e. The van der Waals surface area contributed by atoms with Crippen molar-refractivity contribution in [2.75, 3.05) is 7.05 Å². The Balaban J connectivity index is 2.01. The highest BCUT2D eigenvalue weighted by molar-refractivity contribution is 6.23. The summed E-state index contributed by atoms with van der Waals surface area (Å²) in [5.41, 5.74) is 4.41. The van der Waals surface area contributed by atoms with Crippen molar-refractivity contribution in [3.8, 4) is 0 Å². The topological polar surface area (TPSA) is 80.5 Å². The summed E-state index contributed by atoms with van der Waals surface area (Å²) in [4.78, 5) is 38.6. The molecule has 0 radical (unpaired) electrons. The number of fused-ring (bicyclic) bond motifs is 2. The molecule has 0 saturated heterocycles. The molecule has 6 heteroatoms. The smallest absolute Gasteiger partial charge is 0.269 e. The molecule has 0 fully saturated rings. The maximum Gasteiger partial charge on any atom is 0.269 e. The molecule has 1 aliphatic heterocycles. The van der Waals surface area contributed by atoms with Crippen LogP contribution in [0.2, 0.25) is 0 Å². The van der Waals surface area contributed by atoms with E-state index in [0.29, 0.717) is 22.3 Å². The molecule has 140 valence electrons. The van der Waals surface area contributed by atoms with Crippen LogP contribution in [0.15, 0.2) is 65.4 Å². The number of hydrogen-bond acceptors (Lipinski definition) is 5. The molecule has 2 aromatic rings. The monoisotopic (exact) mass is 374 g/mol. The maximum absolute atomic E-state index is 13.3. The number of nitrogens with zero attached hydrogens (tertiary/aromatic N) is 2. The summed E-state index contributed by atoms with van der Waals surface area (Å²) in [6.07, 6.45) is 0. The average Bonchev–Trinajstić information content (AvgIpc) is 2.97. The van der Waals surface area contributed by atoms with Gasteiger partial charge in [-0.25, -0.2) is 0 Å². The van der Waals surface area contributed by atoms with Crippen LogP contribution in [0, 0.1) is 10.1 Å². The lowest BCUT2D eigenvalue weighted by atomic mass is 9.78. The summed E-state index contributed by atoms with van der Waals surface area (Å²) in [7, 11) is 1.84. The van der Waals surface area contributed by atoms with E-state index in [2.05, 4.69) is 0 Å². The molecular formula is C22H18N2O4. The second-order valence-electron chi connectivity index (χ2n) is 7.04. The molecule has 1 atom stereocenters. The van der Waals surface area contributed by atoms with Gasteiger partial charge in [0.15, 0.2) is 11.6 Å². The third-order valence-corrected chi connectivity index (χ3v) is 5.53. The van der Waals surface area contributed by atoms with Crippen LogP contribution in [-0.4, -0.2) is 28.4 Å². The molecule has 0 unspecified atom stereocenters. The van der Waals surface area contributed by atoms with Gasteiger partial charge in [-0.1, -0.05) is 36.4 Å². The third kappa shape index (κ3) is 2.41. The first-order valence-corrected chi connectivity index (χ1v) is 8.91. The van der Waals surface area contributed by atoms with Crippen LogP contribution in [0.4, 0.5) is 5.69 Å². The third-order valence-electron chi connectivity index (χ3n) is 5.53. The number of benzene rings is 2. The minimum absolute atomic E-state index is 0.0675. The lowest BCUT2D eigenvalue weighted by Crippen LogP contribution is -2.29. The molecule has 0 amide bonds. The molecule has 0 saturated carbocycles.